The second kappa shape index (κ2) is 8.70. The third kappa shape index (κ3) is 4.61. The lowest BCUT2D eigenvalue weighted by Crippen LogP contribution is -2.52. The fourth-order valence-corrected chi connectivity index (χ4v) is 4.63. The first kappa shape index (κ1) is 22.5. The number of piperazine rings is 1. The van der Waals surface area contributed by atoms with Crippen LogP contribution in [0.15, 0.2) is 54.7 Å². The van der Waals surface area contributed by atoms with Crippen molar-refractivity contribution in [1.82, 2.24) is 14.4 Å². The number of carbonyl (C=O) groups excluding carboxylic acids is 3. The van der Waals surface area contributed by atoms with Crippen LogP contribution >= 0.6 is 0 Å². The minimum atomic E-state index is -3.52. The van der Waals surface area contributed by atoms with Crippen molar-refractivity contribution < 1.29 is 22.8 Å². The average molecular weight is 469 g/mol. The van der Waals surface area contributed by atoms with E-state index in [-0.39, 0.29) is 24.6 Å². The maximum Gasteiger partial charge on any atom is 0.295 e. The number of sulfonamides is 1. The predicted molar refractivity (Wildman–Crippen MR) is 125 cm³/mol. The monoisotopic (exact) mass is 468 g/mol. The van der Waals surface area contributed by atoms with E-state index in [1.165, 1.54) is 11.1 Å². The summed E-state index contributed by atoms with van der Waals surface area (Å²) in [6.07, 6.45) is 2.58. The molecule has 0 bridgehead atoms. The van der Waals surface area contributed by atoms with Crippen LogP contribution in [0.25, 0.3) is 10.9 Å². The Morgan fingerprint density at radius 1 is 0.879 bits per heavy atom. The number of nitrogens with zero attached hydrogens (tertiary/aromatic N) is 3. The van der Waals surface area contributed by atoms with Crippen LogP contribution in [0.1, 0.15) is 20.7 Å². The molecule has 0 spiro atoms. The van der Waals surface area contributed by atoms with Crippen LogP contribution in [-0.4, -0.2) is 72.8 Å². The molecule has 2 heterocycles. The van der Waals surface area contributed by atoms with E-state index in [0.717, 1.165) is 6.26 Å². The third-order valence-corrected chi connectivity index (χ3v) is 6.20. The number of hydrogen-bond donors (Lipinski definition) is 1. The van der Waals surface area contributed by atoms with E-state index in [1.54, 1.807) is 59.0 Å². The lowest BCUT2D eigenvalue weighted by Gasteiger charge is -2.34. The third-order valence-electron chi connectivity index (χ3n) is 5.61. The van der Waals surface area contributed by atoms with Gasteiger partial charge >= 0.3 is 0 Å². The Bertz CT molecular complexity index is 1340. The molecule has 0 atom stereocenters. The van der Waals surface area contributed by atoms with Crippen LogP contribution in [0.2, 0.25) is 0 Å². The van der Waals surface area contributed by atoms with Gasteiger partial charge in [0.05, 0.1) is 23.0 Å². The van der Waals surface area contributed by atoms with Crippen molar-refractivity contribution in [2.24, 2.45) is 7.05 Å². The Kier molecular flexibility index (Phi) is 5.94. The number of amides is 2. The number of rotatable bonds is 5. The summed E-state index contributed by atoms with van der Waals surface area (Å²) in [6, 6.07) is 13.8. The van der Waals surface area contributed by atoms with Crippen LogP contribution < -0.4 is 4.72 Å². The Morgan fingerprint density at radius 3 is 2.15 bits per heavy atom. The molecule has 0 unspecified atom stereocenters. The van der Waals surface area contributed by atoms with Crippen molar-refractivity contribution in [2.45, 2.75) is 0 Å². The van der Waals surface area contributed by atoms with E-state index in [0.29, 0.717) is 35.2 Å². The fraction of sp³-hybridized carbons (Fsp3) is 0.261. The SMILES string of the molecule is Cn1cc(C(=O)C(=O)N2CCN(C(=O)c3ccccc3)CC2)c2cccc(NS(C)(=O)=O)c21. The highest BCUT2D eigenvalue weighted by atomic mass is 32.2. The highest BCUT2D eigenvalue weighted by molar-refractivity contribution is 7.92. The molecule has 0 radical (unpaired) electrons. The molecule has 33 heavy (non-hydrogen) atoms. The van der Waals surface area contributed by atoms with Gasteiger partial charge in [-0.1, -0.05) is 30.3 Å². The van der Waals surface area contributed by atoms with Gasteiger partial charge in [-0.05, 0) is 18.2 Å². The number of aryl methyl sites for hydroxylation is 1. The molecule has 1 saturated heterocycles. The normalized spacial score (nSPS) is 14.4. The molecule has 3 aromatic rings. The predicted octanol–water partition coefficient (Wildman–Crippen LogP) is 1.72. The minimum Gasteiger partial charge on any atom is -0.348 e. The molecular formula is C23H24N4O5S. The van der Waals surface area contributed by atoms with E-state index in [4.69, 9.17) is 0 Å². The molecule has 1 fully saturated rings. The average Bonchev–Trinajstić information content (AvgIpc) is 3.15. The molecule has 1 N–H and O–H groups in total. The van der Waals surface area contributed by atoms with E-state index in [9.17, 15) is 22.8 Å². The zero-order valence-corrected chi connectivity index (χ0v) is 19.1. The van der Waals surface area contributed by atoms with Crippen LogP contribution in [0.4, 0.5) is 5.69 Å². The number of fused-ring (bicyclic) bond motifs is 1. The standard InChI is InChI=1S/C23H24N4O5S/c1-25-15-18(17-9-6-10-19(20(17)25)24-33(2,31)32)21(28)23(30)27-13-11-26(12-14-27)22(29)16-7-4-3-5-8-16/h3-10,15,24H,11-14H2,1-2H3. The summed E-state index contributed by atoms with van der Waals surface area (Å²) in [5.74, 6) is -1.41. The lowest BCUT2D eigenvalue weighted by molar-refractivity contribution is -0.127. The van der Waals surface area contributed by atoms with Crippen molar-refractivity contribution in [1.29, 1.82) is 0 Å². The number of benzene rings is 2. The zero-order valence-electron chi connectivity index (χ0n) is 18.3. The highest BCUT2D eigenvalue weighted by Gasteiger charge is 2.30. The number of para-hydroxylation sites is 1. The van der Waals surface area contributed by atoms with Crippen molar-refractivity contribution in [3.05, 3.63) is 65.9 Å². The fourth-order valence-electron chi connectivity index (χ4n) is 4.07. The van der Waals surface area contributed by atoms with Crippen LogP contribution in [-0.2, 0) is 21.9 Å². The Morgan fingerprint density at radius 2 is 1.52 bits per heavy atom. The summed E-state index contributed by atoms with van der Waals surface area (Å²) in [4.78, 5) is 41.8. The second-order valence-electron chi connectivity index (χ2n) is 8.01. The number of carbonyl (C=O) groups is 3. The van der Waals surface area contributed by atoms with Gasteiger partial charge in [-0.25, -0.2) is 8.42 Å². The quantitative estimate of drug-likeness (QED) is 0.453. The zero-order chi connectivity index (χ0) is 23.8. The molecule has 0 aliphatic carbocycles. The van der Waals surface area contributed by atoms with Gasteiger partial charge in [-0.2, -0.15) is 0 Å². The molecular weight excluding hydrogens is 444 g/mol. The molecule has 9 nitrogen and oxygen atoms in total. The molecule has 2 aromatic carbocycles. The van der Waals surface area contributed by atoms with Gasteiger partial charge in [0, 0.05) is 50.4 Å². The lowest BCUT2D eigenvalue weighted by atomic mass is 10.1. The van der Waals surface area contributed by atoms with Gasteiger partial charge in [0.2, 0.25) is 10.0 Å². The Hall–Kier alpha value is -3.66. The van der Waals surface area contributed by atoms with E-state index >= 15 is 0 Å². The number of Topliss-reactive ketones (excluding diaryl/α,β-unsaturated/α-hetero) is 1. The molecule has 1 aromatic heterocycles. The van der Waals surface area contributed by atoms with Crippen LogP contribution in [0.3, 0.4) is 0 Å². The highest BCUT2D eigenvalue weighted by Crippen LogP contribution is 2.29. The summed E-state index contributed by atoms with van der Waals surface area (Å²) in [6.45, 7) is 1.19. The largest absolute Gasteiger partial charge is 0.348 e. The van der Waals surface area contributed by atoms with E-state index in [1.807, 2.05) is 6.07 Å². The topological polar surface area (TPSA) is 109 Å². The summed E-state index contributed by atoms with van der Waals surface area (Å²) >= 11 is 0. The molecule has 4 rings (SSSR count). The van der Waals surface area contributed by atoms with Gasteiger partial charge in [0.25, 0.3) is 17.6 Å². The van der Waals surface area contributed by atoms with Gasteiger partial charge in [-0.3, -0.25) is 19.1 Å². The summed E-state index contributed by atoms with van der Waals surface area (Å²) in [5, 5.41) is 0.488. The van der Waals surface area contributed by atoms with Gasteiger partial charge in [0.15, 0.2) is 0 Å². The number of aromatic nitrogens is 1. The molecule has 1 aliphatic heterocycles. The van der Waals surface area contributed by atoms with Crippen molar-refractivity contribution in [3.8, 4) is 0 Å². The van der Waals surface area contributed by atoms with E-state index < -0.39 is 21.7 Å². The molecule has 1 aliphatic rings. The molecule has 2 amide bonds. The van der Waals surface area contributed by atoms with Crippen molar-refractivity contribution >= 4 is 44.2 Å². The number of hydrogen-bond acceptors (Lipinski definition) is 5. The summed E-state index contributed by atoms with van der Waals surface area (Å²) in [5.41, 5.74) is 1.63. The van der Waals surface area contributed by atoms with Crippen LogP contribution in [0, 0.1) is 0 Å². The van der Waals surface area contributed by atoms with Gasteiger partial charge in [0.1, 0.15) is 0 Å². The second-order valence-corrected chi connectivity index (χ2v) is 9.76. The smallest absolute Gasteiger partial charge is 0.295 e. The van der Waals surface area contributed by atoms with Crippen molar-refractivity contribution in [2.75, 3.05) is 37.2 Å². The first-order valence-corrected chi connectivity index (χ1v) is 12.3. The maximum atomic E-state index is 13.1. The van der Waals surface area contributed by atoms with Crippen LogP contribution in [0.5, 0.6) is 0 Å². The maximum absolute atomic E-state index is 13.1. The molecule has 0 saturated carbocycles. The first-order valence-electron chi connectivity index (χ1n) is 10.4. The van der Waals surface area contributed by atoms with Gasteiger partial charge in [-0.15, -0.1) is 0 Å². The number of ketones is 1. The Labute approximate surface area is 191 Å². The number of anilines is 1. The first-order chi connectivity index (χ1) is 15.7. The van der Waals surface area contributed by atoms with E-state index in [2.05, 4.69) is 4.72 Å². The molecule has 10 heteroatoms. The van der Waals surface area contributed by atoms with Crippen molar-refractivity contribution in [3.63, 3.8) is 0 Å². The molecule has 172 valence electrons. The van der Waals surface area contributed by atoms with Gasteiger partial charge < -0.3 is 14.4 Å². The summed E-state index contributed by atoms with van der Waals surface area (Å²) < 4.78 is 27.5. The summed E-state index contributed by atoms with van der Waals surface area (Å²) in [7, 11) is -1.83. The Balaban J connectivity index is 1.51. The minimum absolute atomic E-state index is 0.103. The number of nitrogens with one attached hydrogen (secondary N) is 1.